The molecule has 4 nitrogen and oxygen atoms in total. The van der Waals surface area contributed by atoms with Crippen molar-refractivity contribution in [3.05, 3.63) is 85.6 Å². The van der Waals surface area contributed by atoms with E-state index in [-0.39, 0.29) is 5.57 Å². The van der Waals surface area contributed by atoms with E-state index in [1.165, 1.54) is 0 Å². The van der Waals surface area contributed by atoms with Gasteiger partial charge in [0.1, 0.15) is 11.6 Å². The van der Waals surface area contributed by atoms with Gasteiger partial charge in [0.2, 0.25) is 0 Å². The predicted octanol–water partition coefficient (Wildman–Crippen LogP) is 6.71. The highest BCUT2D eigenvalue weighted by atomic mass is 79.9. The normalized spacial score (nSPS) is 11.2. The Morgan fingerprint density at radius 2 is 1.90 bits per heavy atom. The van der Waals surface area contributed by atoms with Gasteiger partial charge in [-0.2, -0.15) is 5.26 Å². The van der Waals surface area contributed by atoms with E-state index in [2.05, 4.69) is 21.2 Å². The first-order valence-electron chi connectivity index (χ1n) is 8.63. The molecule has 0 radical (unpaired) electrons. The number of anilines is 1. The highest BCUT2D eigenvalue weighted by molar-refractivity contribution is 9.10. The Labute approximate surface area is 187 Å². The van der Waals surface area contributed by atoms with Gasteiger partial charge in [0.25, 0.3) is 5.91 Å². The number of benzene rings is 2. The van der Waals surface area contributed by atoms with E-state index in [0.717, 1.165) is 27.1 Å². The molecule has 1 aromatic heterocycles. The minimum atomic E-state index is -0.468. The Morgan fingerprint density at radius 1 is 1.14 bits per heavy atom. The maximum absolute atomic E-state index is 12.6. The summed E-state index contributed by atoms with van der Waals surface area (Å²) in [7, 11) is 0. The second kappa shape index (κ2) is 8.87. The van der Waals surface area contributed by atoms with Crippen LogP contribution in [0.3, 0.4) is 0 Å². The van der Waals surface area contributed by atoms with Gasteiger partial charge in [-0.25, -0.2) is 0 Å². The van der Waals surface area contributed by atoms with Crippen molar-refractivity contribution in [3.8, 4) is 11.8 Å². The average molecular weight is 489 g/mol. The van der Waals surface area contributed by atoms with Crippen LogP contribution in [0.5, 0.6) is 0 Å². The molecule has 0 aliphatic carbocycles. The van der Waals surface area contributed by atoms with Gasteiger partial charge in [0, 0.05) is 27.2 Å². The molecule has 1 amide bonds. The molecule has 7 heteroatoms. The van der Waals surface area contributed by atoms with E-state index in [1.54, 1.807) is 36.4 Å². The van der Waals surface area contributed by atoms with Crippen LogP contribution >= 0.6 is 39.1 Å². The van der Waals surface area contributed by atoms with Crippen LogP contribution in [-0.2, 0) is 4.79 Å². The van der Waals surface area contributed by atoms with E-state index in [9.17, 15) is 10.1 Å². The number of nitrogens with zero attached hydrogens (tertiary/aromatic N) is 2. The summed E-state index contributed by atoms with van der Waals surface area (Å²) in [4.78, 5) is 12.6. The summed E-state index contributed by atoms with van der Waals surface area (Å²) in [6.45, 7) is 3.86. The molecule has 0 fully saturated rings. The monoisotopic (exact) mass is 487 g/mol. The number of halogens is 3. The highest BCUT2D eigenvalue weighted by Crippen LogP contribution is 2.28. The van der Waals surface area contributed by atoms with Crippen LogP contribution in [0.25, 0.3) is 11.8 Å². The third-order valence-corrected chi connectivity index (χ3v) is 5.61. The number of aryl methyl sites for hydroxylation is 1. The number of amides is 1. The zero-order chi connectivity index (χ0) is 21.1. The topological polar surface area (TPSA) is 57.8 Å². The number of nitriles is 1. The number of nitrogens with one attached hydrogen (secondary N) is 1. The van der Waals surface area contributed by atoms with Crippen LogP contribution in [0.2, 0.25) is 10.0 Å². The number of carbonyl (C=O) groups excluding carboxylic acids is 1. The van der Waals surface area contributed by atoms with Crippen molar-refractivity contribution in [2.75, 3.05) is 5.32 Å². The van der Waals surface area contributed by atoms with Crippen molar-refractivity contribution in [3.63, 3.8) is 0 Å². The molecule has 3 rings (SSSR count). The molecular formula is C22H16BrCl2N3O. The summed E-state index contributed by atoms with van der Waals surface area (Å²) in [5, 5.41) is 13.2. The summed E-state index contributed by atoms with van der Waals surface area (Å²) in [6.07, 6.45) is 1.59. The van der Waals surface area contributed by atoms with Crippen LogP contribution in [0, 0.1) is 25.2 Å². The van der Waals surface area contributed by atoms with E-state index in [1.807, 2.05) is 42.7 Å². The van der Waals surface area contributed by atoms with Gasteiger partial charge in [-0.3, -0.25) is 4.79 Å². The standard InChI is InChI=1S/C22H16BrCl2N3O/c1-13-8-15(14(2)28(13)19-6-7-20(24)21(25)11-19)9-16(12-26)22(29)27-18-5-3-4-17(23)10-18/h3-11H,1-2H3,(H,27,29)/b16-9+. The average Bonchev–Trinajstić information content (AvgIpc) is 2.95. The smallest absolute Gasteiger partial charge is 0.266 e. The molecule has 0 spiro atoms. The lowest BCUT2D eigenvalue weighted by Crippen LogP contribution is -2.13. The molecule has 1 heterocycles. The van der Waals surface area contributed by atoms with E-state index in [4.69, 9.17) is 23.2 Å². The van der Waals surface area contributed by atoms with Crippen molar-refractivity contribution in [2.24, 2.45) is 0 Å². The Hall–Kier alpha value is -2.52. The quantitative estimate of drug-likeness (QED) is 0.327. The first-order chi connectivity index (χ1) is 13.8. The molecule has 29 heavy (non-hydrogen) atoms. The summed E-state index contributed by atoms with van der Waals surface area (Å²) < 4.78 is 2.83. The third kappa shape index (κ3) is 4.73. The first kappa shape index (κ1) is 21.2. The molecule has 1 N–H and O–H groups in total. The minimum absolute atomic E-state index is 0.0133. The molecule has 0 saturated carbocycles. The SMILES string of the molecule is Cc1cc(/C=C(\C#N)C(=O)Nc2cccc(Br)c2)c(C)n1-c1ccc(Cl)c(Cl)c1. The Kier molecular flexibility index (Phi) is 6.49. The van der Waals surface area contributed by atoms with Crippen molar-refractivity contribution in [1.29, 1.82) is 5.26 Å². The fourth-order valence-corrected chi connectivity index (χ4v) is 3.72. The van der Waals surface area contributed by atoms with Gasteiger partial charge in [-0.15, -0.1) is 0 Å². The van der Waals surface area contributed by atoms with Gasteiger partial charge in [-0.1, -0.05) is 45.2 Å². The van der Waals surface area contributed by atoms with Crippen LogP contribution in [0.4, 0.5) is 5.69 Å². The maximum Gasteiger partial charge on any atom is 0.266 e. The number of hydrogen-bond donors (Lipinski definition) is 1. The lowest BCUT2D eigenvalue weighted by atomic mass is 10.1. The molecular weight excluding hydrogens is 473 g/mol. The summed E-state index contributed by atoms with van der Waals surface area (Å²) in [5.41, 5.74) is 4.06. The molecule has 0 unspecified atom stereocenters. The van der Waals surface area contributed by atoms with Crippen molar-refractivity contribution in [2.45, 2.75) is 13.8 Å². The van der Waals surface area contributed by atoms with E-state index in [0.29, 0.717) is 15.7 Å². The summed E-state index contributed by atoms with van der Waals surface area (Å²) in [5.74, 6) is -0.468. The summed E-state index contributed by atoms with van der Waals surface area (Å²) in [6, 6.07) is 16.5. The van der Waals surface area contributed by atoms with Crippen LogP contribution < -0.4 is 5.32 Å². The molecule has 0 aliphatic heterocycles. The second-order valence-electron chi connectivity index (χ2n) is 6.39. The molecule has 0 bridgehead atoms. The second-order valence-corrected chi connectivity index (χ2v) is 8.12. The largest absolute Gasteiger partial charge is 0.321 e. The molecule has 3 aromatic rings. The maximum atomic E-state index is 12.6. The van der Waals surface area contributed by atoms with Crippen molar-refractivity contribution >= 4 is 56.8 Å². The third-order valence-electron chi connectivity index (χ3n) is 4.38. The van der Waals surface area contributed by atoms with Gasteiger partial charge >= 0.3 is 0 Å². The Bertz CT molecular complexity index is 1180. The van der Waals surface area contributed by atoms with Gasteiger partial charge in [-0.05, 0) is 68.0 Å². The minimum Gasteiger partial charge on any atom is -0.321 e. The van der Waals surface area contributed by atoms with Gasteiger partial charge < -0.3 is 9.88 Å². The molecule has 2 aromatic carbocycles. The molecule has 0 aliphatic rings. The highest BCUT2D eigenvalue weighted by Gasteiger charge is 2.14. The lowest BCUT2D eigenvalue weighted by Gasteiger charge is -2.10. The fourth-order valence-electron chi connectivity index (χ4n) is 3.02. The first-order valence-corrected chi connectivity index (χ1v) is 10.2. The zero-order valence-corrected chi connectivity index (χ0v) is 18.7. The molecule has 0 saturated heterocycles. The van der Waals surface area contributed by atoms with Crippen LogP contribution in [-0.4, -0.2) is 10.5 Å². The predicted molar refractivity (Wildman–Crippen MR) is 122 cm³/mol. The molecule has 146 valence electrons. The lowest BCUT2D eigenvalue weighted by molar-refractivity contribution is -0.112. The van der Waals surface area contributed by atoms with Crippen LogP contribution in [0.1, 0.15) is 17.0 Å². The van der Waals surface area contributed by atoms with Crippen molar-refractivity contribution < 1.29 is 4.79 Å². The fraction of sp³-hybridized carbons (Fsp3) is 0.0909. The van der Waals surface area contributed by atoms with E-state index >= 15 is 0 Å². The number of rotatable bonds is 4. The number of aromatic nitrogens is 1. The number of hydrogen-bond acceptors (Lipinski definition) is 2. The van der Waals surface area contributed by atoms with Crippen molar-refractivity contribution in [1.82, 2.24) is 4.57 Å². The Balaban J connectivity index is 1.95. The summed E-state index contributed by atoms with van der Waals surface area (Å²) >= 11 is 15.5. The zero-order valence-electron chi connectivity index (χ0n) is 15.6. The van der Waals surface area contributed by atoms with Gasteiger partial charge in [0.05, 0.1) is 10.0 Å². The number of carbonyl (C=O) groups is 1. The Morgan fingerprint density at radius 3 is 2.55 bits per heavy atom. The van der Waals surface area contributed by atoms with E-state index < -0.39 is 5.91 Å². The molecule has 0 atom stereocenters. The van der Waals surface area contributed by atoms with Crippen LogP contribution in [0.15, 0.2) is 58.6 Å². The van der Waals surface area contributed by atoms with Gasteiger partial charge in [0.15, 0.2) is 0 Å².